The van der Waals surface area contributed by atoms with Gasteiger partial charge in [-0.25, -0.2) is 9.89 Å². The minimum absolute atomic E-state index is 0. The summed E-state index contributed by atoms with van der Waals surface area (Å²) in [5, 5.41) is 12.4. The Hall–Kier alpha value is -4.70. The standard InChI is InChI=1S/C31H22Cl2N6O3.ClH/c32-23-17-24(33)19-25(18-23)37-28(40)31(21-10-3-1-4-11-21,22-12-5-2-6-13-22)38-27(35-29(34)36-30(37)38)16-15-20-9-7-8-14-26(20)39(41)42;/h1-19,27H,(H2,34,35);1H/b16-15+;. The third kappa shape index (κ3) is 5.12. The number of nitrogens with two attached hydrogens (primary N) is 1. The molecule has 6 rings (SSSR count). The van der Waals surface area contributed by atoms with Crippen LogP contribution in [-0.2, 0) is 10.3 Å². The van der Waals surface area contributed by atoms with Crippen LogP contribution >= 0.6 is 35.6 Å². The van der Waals surface area contributed by atoms with Crippen LogP contribution in [0.2, 0.25) is 10.0 Å². The predicted molar refractivity (Wildman–Crippen MR) is 172 cm³/mol. The molecule has 0 spiro atoms. The third-order valence-electron chi connectivity index (χ3n) is 7.10. The highest BCUT2D eigenvalue weighted by Crippen LogP contribution is 2.47. The highest BCUT2D eigenvalue weighted by molar-refractivity contribution is 6.36. The lowest BCUT2D eigenvalue weighted by Crippen LogP contribution is -2.53. The molecule has 0 bridgehead atoms. The van der Waals surface area contributed by atoms with Gasteiger partial charge in [-0.15, -0.1) is 12.4 Å². The predicted octanol–water partition coefficient (Wildman–Crippen LogP) is 6.64. The van der Waals surface area contributed by atoms with Crippen LogP contribution in [-0.4, -0.2) is 33.8 Å². The largest absolute Gasteiger partial charge is 0.368 e. The van der Waals surface area contributed by atoms with Crippen molar-refractivity contribution in [3.8, 4) is 0 Å². The molecule has 2 aliphatic rings. The van der Waals surface area contributed by atoms with Crippen LogP contribution in [0, 0.1) is 10.1 Å². The lowest BCUT2D eigenvalue weighted by Gasteiger charge is -2.40. The smallest absolute Gasteiger partial charge is 0.276 e. The molecule has 0 aromatic heterocycles. The molecule has 2 N–H and O–H groups in total. The number of carbonyl (C=O) groups is 1. The number of carbonyl (C=O) groups excluding carboxylic acids is 1. The van der Waals surface area contributed by atoms with Crippen LogP contribution in [0.4, 0.5) is 11.4 Å². The number of para-hydroxylation sites is 1. The van der Waals surface area contributed by atoms with Gasteiger partial charge in [0.1, 0.15) is 6.17 Å². The van der Waals surface area contributed by atoms with Gasteiger partial charge in [0.25, 0.3) is 11.6 Å². The lowest BCUT2D eigenvalue weighted by atomic mass is 9.80. The van der Waals surface area contributed by atoms with Gasteiger partial charge in [-0.3, -0.25) is 19.8 Å². The summed E-state index contributed by atoms with van der Waals surface area (Å²) < 4.78 is 0. The summed E-state index contributed by atoms with van der Waals surface area (Å²) in [7, 11) is 0. The van der Waals surface area contributed by atoms with Crippen LogP contribution in [0.3, 0.4) is 0 Å². The first-order chi connectivity index (χ1) is 20.3. The molecule has 4 aromatic rings. The van der Waals surface area contributed by atoms with E-state index in [9.17, 15) is 14.9 Å². The van der Waals surface area contributed by atoms with Gasteiger partial charge >= 0.3 is 0 Å². The third-order valence-corrected chi connectivity index (χ3v) is 7.54. The number of aliphatic imine (C=N–C) groups is 2. The van der Waals surface area contributed by atoms with Crippen molar-refractivity contribution in [3.63, 3.8) is 0 Å². The van der Waals surface area contributed by atoms with E-state index in [4.69, 9.17) is 28.9 Å². The van der Waals surface area contributed by atoms with Gasteiger partial charge in [0.15, 0.2) is 5.54 Å². The number of hydrogen-bond donors (Lipinski definition) is 1. The SMILES string of the molecule is Cl.NC1=NC(/C=C/c2ccccc2[N+](=O)[O-])N2C(=N1)N(c1cc(Cl)cc(Cl)c1)C(=O)C2(c1ccccc1)c1ccccc1. The summed E-state index contributed by atoms with van der Waals surface area (Å²) in [6.45, 7) is 0. The van der Waals surface area contributed by atoms with Crippen LogP contribution in [0.1, 0.15) is 16.7 Å². The maximum atomic E-state index is 15.0. The molecular formula is C31H23Cl3N6O3. The summed E-state index contributed by atoms with van der Waals surface area (Å²) in [6, 6.07) is 29.8. The van der Waals surface area contributed by atoms with Crippen molar-refractivity contribution < 1.29 is 9.72 Å². The Kier molecular flexibility index (Phi) is 8.23. The fraction of sp³-hybridized carbons (Fsp3) is 0.0645. The molecule has 1 saturated heterocycles. The van der Waals surface area contributed by atoms with Gasteiger partial charge in [0.05, 0.1) is 16.2 Å². The van der Waals surface area contributed by atoms with Crippen molar-refractivity contribution in [1.29, 1.82) is 0 Å². The molecular weight excluding hydrogens is 611 g/mol. The minimum atomic E-state index is -1.46. The maximum Gasteiger partial charge on any atom is 0.276 e. The lowest BCUT2D eigenvalue weighted by molar-refractivity contribution is -0.385. The number of anilines is 1. The Morgan fingerprint density at radius 1 is 0.884 bits per heavy atom. The summed E-state index contributed by atoms with van der Waals surface area (Å²) in [4.78, 5) is 38.6. The molecule has 1 unspecified atom stereocenters. The number of amides is 1. The van der Waals surface area contributed by atoms with E-state index in [0.717, 1.165) is 0 Å². The zero-order chi connectivity index (χ0) is 29.4. The number of halogens is 3. The van der Waals surface area contributed by atoms with Gasteiger partial charge in [-0.05, 0) is 47.5 Å². The first-order valence-electron chi connectivity index (χ1n) is 12.9. The Morgan fingerprint density at radius 2 is 1.44 bits per heavy atom. The Labute approximate surface area is 263 Å². The van der Waals surface area contributed by atoms with Crippen molar-refractivity contribution in [2.75, 3.05) is 4.90 Å². The molecule has 1 fully saturated rings. The van der Waals surface area contributed by atoms with Crippen molar-refractivity contribution in [1.82, 2.24) is 4.90 Å². The molecule has 0 saturated carbocycles. The van der Waals surface area contributed by atoms with Gasteiger partial charge in [-0.1, -0.05) is 96.0 Å². The molecule has 1 amide bonds. The number of benzene rings is 4. The topological polar surface area (TPSA) is 117 Å². The molecule has 0 radical (unpaired) electrons. The number of nitro groups is 1. The molecule has 4 aromatic carbocycles. The summed E-state index contributed by atoms with van der Waals surface area (Å²) in [5.74, 6) is -0.219. The molecule has 2 aliphatic heterocycles. The van der Waals surface area contributed by atoms with Crippen LogP contribution in [0.15, 0.2) is 119 Å². The number of hydrogen-bond acceptors (Lipinski definition) is 7. The van der Waals surface area contributed by atoms with Gasteiger partial charge in [0.2, 0.25) is 11.9 Å². The first-order valence-corrected chi connectivity index (χ1v) is 13.6. The Balaban J connectivity index is 0.00000368. The van der Waals surface area contributed by atoms with E-state index in [0.29, 0.717) is 32.4 Å². The first kappa shape index (κ1) is 29.8. The van der Waals surface area contributed by atoms with E-state index in [1.165, 1.54) is 11.0 Å². The average molecular weight is 634 g/mol. The monoisotopic (exact) mass is 632 g/mol. The maximum absolute atomic E-state index is 15.0. The fourth-order valence-corrected chi connectivity index (χ4v) is 5.94. The van der Waals surface area contributed by atoms with Gasteiger partial charge in [0, 0.05) is 16.1 Å². The van der Waals surface area contributed by atoms with Gasteiger partial charge < -0.3 is 5.73 Å². The number of nitrogens with zero attached hydrogens (tertiary/aromatic N) is 5. The van der Waals surface area contributed by atoms with E-state index in [-0.39, 0.29) is 35.9 Å². The van der Waals surface area contributed by atoms with E-state index in [1.54, 1.807) is 53.5 Å². The van der Waals surface area contributed by atoms with Crippen molar-refractivity contribution in [2.24, 2.45) is 15.7 Å². The normalized spacial score (nSPS) is 17.3. The number of rotatable bonds is 6. The van der Waals surface area contributed by atoms with Crippen LogP contribution in [0.25, 0.3) is 6.08 Å². The zero-order valence-corrected chi connectivity index (χ0v) is 24.6. The summed E-state index contributed by atoms with van der Waals surface area (Å²) >= 11 is 12.8. The van der Waals surface area contributed by atoms with Crippen molar-refractivity contribution >= 4 is 70.9 Å². The molecule has 43 heavy (non-hydrogen) atoms. The molecule has 216 valence electrons. The van der Waals surface area contributed by atoms with Crippen molar-refractivity contribution in [2.45, 2.75) is 11.7 Å². The average Bonchev–Trinajstić information content (AvgIpc) is 3.24. The second-order valence-corrected chi connectivity index (χ2v) is 10.4. The van der Waals surface area contributed by atoms with Crippen molar-refractivity contribution in [3.05, 3.63) is 146 Å². The molecule has 9 nitrogen and oxygen atoms in total. The number of nitro benzene ring substituents is 1. The fourth-order valence-electron chi connectivity index (χ4n) is 5.42. The number of guanidine groups is 2. The second kappa shape index (κ2) is 11.9. The van der Waals surface area contributed by atoms with Crippen LogP contribution in [0.5, 0.6) is 0 Å². The van der Waals surface area contributed by atoms with Crippen LogP contribution < -0.4 is 10.6 Å². The van der Waals surface area contributed by atoms with E-state index < -0.39 is 16.6 Å². The Bertz CT molecular complexity index is 1740. The molecule has 2 heterocycles. The quantitative estimate of drug-likeness (QED) is 0.189. The van der Waals surface area contributed by atoms with E-state index in [1.807, 2.05) is 60.7 Å². The molecule has 0 aliphatic carbocycles. The molecule has 12 heteroatoms. The zero-order valence-electron chi connectivity index (χ0n) is 22.2. The van der Waals surface area contributed by atoms with E-state index in [2.05, 4.69) is 9.98 Å². The van der Waals surface area contributed by atoms with Gasteiger partial charge in [-0.2, -0.15) is 4.99 Å². The summed E-state index contributed by atoms with van der Waals surface area (Å²) in [6.07, 6.45) is 2.39. The van der Waals surface area contributed by atoms with E-state index >= 15 is 0 Å². The molecule has 1 atom stereocenters. The second-order valence-electron chi connectivity index (χ2n) is 9.57. The highest BCUT2D eigenvalue weighted by Gasteiger charge is 2.61. The number of fused-ring (bicyclic) bond motifs is 1. The Morgan fingerprint density at radius 3 is 2.02 bits per heavy atom. The highest BCUT2D eigenvalue weighted by atomic mass is 35.5. The minimum Gasteiger partial charge on any atom is -0.368 e. The summed E-state index contributed by atoms with van der Waals surface area (Å²) in [5.41, 5.74) is 6.79.